The third kappa shape index (κ3) is 3.80. The number of thiophene rings is 1. The van der Waals surface area contributed by atoms with Gasteiger partial charge in [-0.3, -0.25) is 0 Å². The van der Waals surface area contributed by atoms with Crippen LogP contribution in [0.25, 0.3) is 0 Å². The van der Waals surface area contributed by atoms with Crippen LogP contribution in [0.1, 0.15) is 33.6 Å². The number of aryl methyl sites for hydroxylation is 1. The van der Waals surface area contributed by atoms with Gasteiger partial charge in [-0.05, 0) is 55.6 Å². The summed E-state index contributed by atoms with van der Waals surface area (Å²) in [6.07, 6.45) is 3.88. The van der Waals surface area contributed by atoms with Crippen LogP contribution in [0.5, 0.6) is 0 Å². The summed E-state index contributed by atoms with van der Waals surface area (Å²) < 4.78 is 31.2. The Labute approximate surface area is 153 Å². The van der Waals surface area contributed by atoms with Gasteiger partial charge >= 0.3 is 5.97 Å². The fourth-order valence-electron chi connectivity index (χ4n) is 2.81. The highest BCUT2D eigenvalue weighted by Gasteiger charge is 2.26. The van der Waals surface area contributed by atoms with Gasteiger partial charge < -0.3 is 15.4 Å². The second-order valence-electron chi connectivity index (χ2n) is 5.61. The lowest BCUT2D eigenvalue weighted by molar-refractivity contribution is 0.0601. The molecule has 0 aliphatic heterocycles. The SMILES string of the molecule is COC(=O)c1c(NC(=S)Nc2ccc(F)c(F)c2)sc2c1CCCC2. The number of carbonyl (C=O) groups is 1. The Morgan fingerprint density at radius 1 is 1.20 bits per heavy atom. The van der Waals surface area contributed by atoms with E-state index in [1.165, 1.54) is 24.5 Å². The molecule has 0 amide bonds. The van der Waals surface area contributed by atoms with Crippen molar-refractivity contribution in [2.75, 3.05) is 17.7 Å². The molecule has 8 heteroatoms. The lowest BCUT2D eigenvalue weighted by Crippen LogP contribution is -2.20. The molecule has 0 saturated carbocycles. The van der Waals surface area contributed by atoms with E-state index in [1.807, 2.05) is 0 Å². The van der Waals surface area contributed by atoms with Crippen LogP contribution in [-0.4, -0.2) is 18.2 Å². The van der Waals surface area contributed by atoms with E-state index < -0.39 is 17.6 Å². The molecule has 1 aliphatic rings. The van der Waals surface area contributed by atoms with Crippen molar-refractivity contribution < 1.29 is 18.3 Å². The van der Waals surface area contributed by atoms with Crippen molar-refractivity contribution in [1.29, 1.82) is 0 Å². The zero-order valence-corrected chi connectivity index (χ0v) is 15.1. The highest BCUT2D eigenvalue weighted by molar-refractivity contribution is 7.80. The number of halogens is 2. The Kier molecular flexibility index (Phi) is 5.29. The summed E-state index contributed by atoms with van der Waals surface area (Å²) >= 11 is 6.71. The molecule has 0 spiro atoms. The number of ether oxygens (including phenoxy) is 1. The van der Waals surface area contributed by atoms with E-state index in [9.17, 15) is 13.6 Å². The first-order chi connectivity index (χ1) is 12.0. The molecular weight excluding hydrogens is 366 g/mol. The molecule has 25 heavy (non-hydrogen) atoms. The number of thiocarbonyl (C=S) groups is 1. The second-order valence-corrected chi connectivity index (χ2v) is 7.13. The summed E-state index contributed by atoms with van der Waals surface area (Å²) in [7, 11) is 1.34. The minimum absolute atomic E-state index is 0.190. The summed E-state index contributed by atoms with van der Waals surface area (Å²) in [5, 5.41) is 6.58. The zero-order chi connectivity index (χ0) is 18.0. The van der Waals surface area contributed by atoms with Crippen molar-refractivity contribution in [2.45, 2.75) is 25.7 Å². The maximum absolute atomic E-state index is 13.3. The van der Waals surface area contributed by atoms with Gasteiger partial charge in [0.15, 0.2) is 16.7 Å². The van der Waals surface area contributed by atoms with Gasteiger partial charge in [0, 0.05) is 16.6 Å². The first kappa shape index (κ1) is 17.8. The fraction of sp³-hybridized carbons (Fsp3) is 0.294. The van der Waals surface area contributed by atoms with E-state index in [4.69, 9.17) is 17.0 Å². The van der Waals surface area contributed by atoms with Gasteiger partial charge in [-0.2, -0.15) is 0 Å². The molecule has 2 aromatic rings. The van der Waals surface area contributed by atoms with Gasteiger partial charge in [-0.25, -0.2) is 13.6 Å². The number of esters is 1. The van der Waals surface area contributed by atoms with Crippen molar-refractivity contribution in [2.24, 2.45) is 0 Å². The molecule has 0 radical (unpaired) electrons. The van der Waals surface area contributed by atoms with Crippen LogP contribution in [0.3, 0.4) is 0 Å². The number of fused-ring (bicyclic) bond motifs is 1. The predicted octanol–water partition coefficient (Wildman–Crippen LogP) is 4.50. The van der Waals surface area contributed by atoms with Crippen LogP contribution < -0.4 is 10.6 Å². The molecule has 4 nitrogen and oxygen atoms in total. The number of carbonyl (C=O) groups excluding carboxylic acids is 1. The largest absolute Gasteiger partial charge is 0.465 e. The van der Waals surface area contributed by atoms with Gasteiger partial charge in [0.1, 0.15) is 5.00 Å². The first-order valence-corrected chi connectivity index (χ1v) is 8.98. The molecule has 0 fully saturated rings. The lowest BCUT2D eigenvalue weighted by atomic mass is 9.95. The number of methoxy groups -OCH3 is 1. The highest BCUT2D eigenvalue weighted by atomic mass is 32.1. The van der Waals surface area contributed by atoms with Crippen LogP contribution >= 0.6 is 23.6 Å². The molecule has 1 heterocycles. The van der Waals surface area contributed by atoms with E-state index in [0.29, 0.717) is 16.3 Å². The molecule has 2 N–H and O–H groups in total. The number of hydrogen-bond donors (Lipinski definition) is 2. The summed E-state index contributed by atoms with van der Waals surface area (Å²) in [6.45, 7) is 0. The Balaban J connectivity index is 1.82. The maximum atomic E-state index is 13.3. The van der Waals surface area contributed by atoms with E-state index in [1.54, 1.807) is 0 Å². The predicted molar refractivity (Wildman–Crippen MR) is 98.5 cm³/mol. The zero-order valence-electron chi connectivity index (χ0n) is 13.4. The smallest absolute Gasteiger partial charge is 0.341 e. The molecule has 1 aromatic carbocycles. The van der Waals surface area contributed by atoms with Crippen molar-refractivity contribution in [3.05, 3.63) is 45.8 Å². The van der Waals surface area contributed by atoms with Crippen LogP contribution in [0.15, 0.2) is 18.2 Å². The van der Waals surface area contributed by atoms with Crippen molar-refractivity contribution in [3.63, 3.8) is 0 Å². The molecule has 1 aliphatic carbocycles. The van der Waals surface area contributed by atoms with Crippen LogP contribution in [0.2, 0.25) is 0 Å². The number of anilines is 2. The molecule has 3 rings (SSSR count). The average molecular weight is 382 g/mol. The van der Waals surface area contributed by atoms with Gasteiger partial charge in [0.05, 0.1) is 12.7 Å². The number of rotatable bonds is 3. The van der Waals surface area contributed by atoms with Gasteiger partial charge in [-0.1, -0.05) is 0 Å². The summed E-state index contributed by atoms with van der Waals surface area (Å²) in [4.78, 5) is 13.3. The molecule has 132 valence electrons. The standard InChI is InChI=1S/C17H16F2N2O2S2/c1-23-16(22)14-10-4-2-3-5-13(10)25-15(14)21-17(24)20-9-6-7-11(18)12(19)8-9/h6-8H,2-5H2,1H3,(H2,20,21,24). The monoisotopic (exact) mass is 382 g/mol. The van der Waals surface area contributed by atoms with E-state index in [2.05, 4.69) is 10.6 Å². The third-order valence-corrected chi connectivity index (χ3v) is 5.38. The molecule has 0 bridgehead atoms. The lowest BCUT2D eigenvalue weighted by Gasteiger charge is -2.12. The minimum Gasteiger partial charge on any atom is -0.465 e. The average Bonchev–Trinajstić information content (AvgIpc) is 2.95. The Morgan fingerprint density at radius 2 is 1.96 bits per heavy atom. The molecular formula is C17H16F2N2O2S2. The molecule has 0 atom stereocenters. The summed E-state index contributed by atoms with van der Waals surface area (Å²) in [5.41, 5.74) is 1.84. The molecule has 0 saturated heterocycles. The number of nitrogens with one attached hydrogen (secondary N) is 2. The van der Waals surface area contributed by atoms with Gasteiger partial charge in [-0.15, -0.1) is 11.3 Å². The summed E-state index contributed by atoms with van der Waals surface area (Å²) in [5.74, 6) is -2.30. The van der Waals surface area contributed by atoms with Crippen LogP contribution in [-0.2, 0) is 17.6 Å². The number of hydrogen-bond acceptors (Lipinski definition) is 4. The fourth-order valence-corrected chi connectivity index (χ4v) is 4.38. The quantitative estimate of drug-likeness (QED) is 0.605. The second kappa shape index (κ2) is 7.45. The maximum Gasteiger partial charge on any atom is 0.341 e. The molecule has 1 aromatic heterocycles. The molecule has 0 unspecified atom stereocenters. The first-order valence-electron chi connectivity index (χ1n) is 7.75. The minimum atomic E-state index is -0.963. The third-order valence-electron chi connectivity index (χ3n) is 3.97. The van der Waals surface area contributed by atoms with Crippen molar-refractivity contribution >= 4 is 45.3 Å². The Hall–Kier alpha value is -2.06. The Bertz CT molecular complexity index is 836. The van der Waals surface area contributed by atoms with Crippen LogP contribution in [0.4, 0.5) is 19.5 Å². The van der Waals surface area contributed by atoms with Crippen molar-refractivity contribution in [1.82, 2.24) is 0 Å². The van der Waals surface area contributed by atoms with Gasteiger partial charge in [0.25, 0.3) is 0 Å². The van der Waals surface area contributed by atoms with E-state index >= 15 is 0 Å². The van der Waals surface area contributed by atoms with E-state index in [-0.39, 0.29) is 5.11 Å². The van der Waals surface area contributed by atoms with Crippen molar-refractivity contribution in [3.8, 4) is 0 Å². The highest BCUT2D eigenvalue weighted by Crippen LogP contribution is 2.38. The van der Waals surface area contributed by atoms with Crippen LogP contribution in [0, 0.1) is 11.6 Å². The normalized spacial score (nSPS) is 13.1. The van der Waals surface area contributed by atoms with E-state index in [0.717, 1.165) is 48.3 Å². The Morgan fingerprint density at radius 3 is 2.68 bits per heavy atom. The number of benzene rings is 1. The topological polar surface area (TPSA) is 50.4 Å². The summed E-state index contributed by atoms with van der Waals surface area (Å²) in [6, 6.07) is 3.42. The van der Waals surface area contributed by atoms with Gasteiger partial charge in [0.2, 0.25) is 0 Å².